The molecule has 0 unspecified atom stereocenters. The number of anilines is 2. The van der Waals surface area contributed by atoms with E-state index in [0.717, 1.165) is 0 Å². The lowest BCUT2D eigenvalue weighted by atomic mass is 10.3. The van der Waals surface area contributed by atoms with Gasteiger partial charge in [-0.05, 0) is 36.4 Å². The van der Waals surface area contributed by atoms with Gasteiger partial charge in [0.2, 0.25) is 11.4 Å². The van der Waals surface area contributed by atoms with Crippen LogP contribution in [0.3, 0.4) is 0 Å². The number of halogens is 2. The van der Waals surface area contributed by atoms with Gasteiger partial charge >= 0.3 is 0 Å². The number of hydrazone groups is 2. The highest BCUT2D eigenvalue weighted by Gasteiger charge is 2.13. The van der Waals surface area contributed by atoms with Gasteiger partial charge in [-0.25, -0.2) is 0 Å². The number of hydrogen-bond donors (Lipinski definition) is 4. The van der Waals surface area contributed by atoms with E-state index in [4.69, 9.17) is 33.7 Å². The molecule has 32 heavy (non-hydrogen) atoms. The molecule has 0 heterocycles. The molecule has 0 aliphatic rings. The van der Waals surface area contributed by atoms with Gasteiger partial charge in [0, 0.05) is 23.1 Å². The van der Waals surface area contributed by atoms with E-state index in [9.17, 15) is 9.59 Å². The van der Waals surface area contributed by atoms with E-state index in [-0.39, 0.29) is 13.1 Å². The zero-order chi connectivity index (χ0) is 23.3. The van der Waals surface area contributed by atoms with E-state index in [0.29, 0.717) is 21.4 Å². The zero-order valence-electron chi connectivity index (χ0n) is 16.4. The first kappa shape index (κ1) is 24.2. The molecule has 0 aliphatic carbocycles. The molecule has 0 saturated heterocycles. The Hall–Kier alpha value is -4.12. The van der Waals surface area contributed by atoms with Crippen molar-refractivity contribution < 1.29 is 9.59 Å². The van der Waals surface area contributed by atoms with Crippen LogP contribution in [0.25, 0.3) is 0 Å². The van der Waals surface area contributed by atoms with Crippen molar-refractivity contribution in [2.75, 3.05) is 23.9 Å². The summed E-state index contributed by atoms with van der Waals surface area (Å²) in [6, 6.07) is 16.5. The van der Waals surface area contributed by atoms with E-state index in [2.05, 4.69) is 31.7 Å². The van der Waals surface area contributed by atoms with E-state index >= 15 is 0 Å². The van der Waals surface area contributed by atoms with E-state index in [1.54, 1.807) is 60.7 Å². The van der Waals surface area contributed by atoms with Crippen molar-refractivity contribution in [3.05, 3.63) is 58.6 Å². The van der Waals surface area contributed by atoms with Crippen molar-refractivity contribution in [2.45, 2.75) is 0 Å². The van der Waals surface area contributed by atoms with Crippen LogP contribution in [0.15, 0.2) is 58.7 Å². The number of amides is 2. The Morgan fingerprint density at radius 1 is 0.781 bits per heavy atom. The van der Waals surface area contributed by atoms with Crippen molar-refractivity contribution in [2.24, 2.45) is 10.2 Å². The molecule has 2 rings (SSSR count). The zero-order valence-corrected chi connectivity index (χ0v) is 17.9. The Morgan fingerprint density at radius 2 is 1.19 bits per heavy atom. The molecular formula is C20H16Cl2N8O2. The van der Waals surface area contributed by atoms with E-state index < -0.39 is 23.2 Å². The second-order valence-corrected chi connectivity index (χ2v) is 6.77. The molecule has 0 aliphatic heterocycles. The number of nitrogens with one attached hydrogen (secondary N) is 4. The summed E-state index contributed by atoms with van der Waals surface area (Å²) in [6.07, 6.45) is 0. The third-order valence-electron chi connectivity index (χ3n) is 3.58. The van der Waals surface area contributed by atoms with E-state index in [1.165, 1.54) is 0 Å². The SMILES string of the molecule is N#C/C(=N\Nc1cccc(Cl)c1)C(=O)NCCNC(=O)/C(C#N)=N/Nc1cccc(Cl)c1. The summed E-state index contributed by atoms with van der Waals surface area (Å²) in [6.45, 7) is -0.0221. The summed E-state index contributed by atoms with van der Waals surface area (Å²) in [5.74, 6) is -1.49. The highest BCUT2D eigenvalue weighted by atomic mass is 35.5. The normalized spacial score (nSPS) is 11.0. The number of hydrogen-bond acceptors (Lipinski definition) is 8. The average Bonchev–Trinajstić information content (AvgIpc) is 2.77. The molecule has 0 aromatic heterocycles. The number of carbonyl (C=O) groups is 2. The maximum Gasteiger partial charge on any atom is 0.282 e. The third-order valence-corrected chi connectivity index (χ3v) is 4.05. The van der Waals surface area contributed by atoms with Crippen molar-refractivity contribution >= 4 is 57.8 Å². The van der Waals surface area contributed by atoms with Crippen LogP contribution in [-0.2, 0) is 9.59 Å². The smallest absolute Gasteiger partial charge is 0.282 e. The van der Waals surface area contributed by atoms with Crippen molar-refractivity contribution in [1.82, 2.24) is 10.6 Å². The monoisotopic (exact) mass is 470 g/mol. The highest BCUT2D eigenvalue weighted by molar-refractivity contribution is 6.45. The Labute approximate surface area is 193 Å². The highest BCUT2D eigenvalue weighted by Crippen LogP contribution is 2.15. The summed E-state index contributed by atoms with van der Waals surface area (Å²) in [4.78, 5) is 24.1. The lowest BCUT2D eigenvalue weighted by Crippen LogP contribution is -2.39. The minimum Gasteiger partial charge on any atom is -0.348 e. The van der Waals surface area contributed by atoms with Gasteiger partial charge < -0.3 is 10.6 Å². The van der Waals surface area contributed by atoms with Crippen LogP contribution in [0.1, 0.15) is 0 Å². The second kappa shape index (κ2) is 12.5. The van der Waals surface area contributed by atoms with Gasteiger partial charge in [-0.1, -0.05) is 35.3 Å². The fourth-order valence-corrected chi connectivity index (χ4v) is 2.51. The standard InChI is InChI=1S/C20H16Cl2N8O2/c21-13-3-1-5-15(9-13)27-29-17(11-23)19(31)25-7-8-26-20(32)18(12-24)30-28-16-6-2-4-14(22)10-16/h1-6,9-10,27-28H,7-8H2,(H,25,31)(H,26,32)/b29-17+,30-18+. The lowest BCUT2D eigenvalue weighted by Gasteiger charge is -2.06. The predicted molar refractivity (Wildman–Crippen MR) is 122 cm³/mol. The number of carbonyl (C=O) groups excluding carboxylic acids is 2. The van der Waals surface area contributed by atoms with Crippen molar-refractivity contribution in [3.8, 4) is 12.1 Å². The molecule has 0 radical (unpaired) electrons. The maximum absolute atomic E-state index is 12.0. The van der Waals surface area contributed by atoms with Crippen molar-refractivity contribution in [1.29, 1.82) is 10.5 Å². The first-order valence-electron chi connectivity index (χ1n) is 8.98. The van der Waals surface area contributed by atoms with Crippen LogP contribution in [0, 0.1) is 22.7 Å². The fraction of sp³-hybridized carbons (Fsp3) is 0.100. The lowest BCUT2D eigenvalue weighted by molar-refractivity contribution is -0.116. The molecule has 2 amide bonds. The molecule has 4 N–H and O–H groups in total. The summed E-state index contributed by atoms with van der Waals surface area (Å²) >= 11 is 11.7. The summed E-state index contributed by atoms with van der Waals surface area (Å²) in [5.41, 5.74) is 5.30. The quantitative estimate of drug-likeness (QED) is 0.250. The number of benzene rings is 2. The van der Waals surface area contributed by atoms with E-state index in [1.807, 2.05) is 0 Å². The molecule has 162 valence electrons. The molecule has 2 aromatic rings. The van der Waals surface area contributed by atoms with Crippen LogP contribution in [0.4, 0.5) is 11.4 Å². The average molecular weight is 471 g/mol. The van der Waals surface area contributed by atoms with Crippen molar-refractivity contribution in [3.63, 3.8) is 0 Å². The molecular weight excluding hydrogens is 455 g/mol. The molecule has 0 bridgehead atoms. The van der Waals surface area contributed by atoms with Crippen LogP contribution in [0.2, 0.25) is 10.0 Å². The molecule has 2 aromatic carbocycles. The molecule has 0 saturated carbocycles. The Morgan fingerprint density at radius 3 is 1.53 bits per heavy atom. The van der Waals surface area contributed by atoms with Gasteiger partial charge in [0.05, 0.1) is 11.4 Å². The van der Waals surface area contributed by atoms with Gasteiger partial charge in [0.25, 0.3) is 11.8 Å². The van der Waals surface area contributed by atoms with Crippen LogP contribution < -0.4 is 21.5 Å². The number of nitriles is 2. The summed E-state index contributed by atoms with van der Waals surface area (Å²) < 4.78 is 0. The topological polar surface area (TPSA) is 155 Å². The summed E-state index contributed by atoms with van der Waals surface area (Å²) in [7, 11) is 0. The second-order valence-electron chi connectivity index (χ2n) is 5.90. The Kier molecular flexibility index (Phi) is 9.47. The molecule has 0 fully saturated rings. The third kappa shape index (κ3) is 7.95. The maximum atomic E-state index is 12.0. The molecule has 0 spiro atoms. The first-order valence-corrected chi connectivity index (χ1v) is 9.73. The number of nitrogens with zero attached hydrogens (tertiary/aromatic N) is 4. The van der Waals surface area contributed by atoms with Gasteiger partial charge in [-0.3, -0.25) is 20.4 Å². The van der Waals surface area contributed by atoms with Gasteiger partial charge in [0.15, 0.2) is 0 Å². The molecule has 12 heteroatoms. The fourth-order valence-electron chi connectivity index (χ4n) is 2.13. The minimum atomic E-state index is -0.743. The predicted octanol–water partition coefficient (Wildman–Crippen LogP) is 2.51. The Balaban J connectivity index is 1.81. The molecule has 0 atom stereocenters. The largest absolute Gasteiger partial charge is 0.348 e. The van der Waals surface area contributed by atoms with Gasteiger partial charge in [-0.2, -0.15) is 20.7 Å². The van der Waals surface area contributed by atoms with Crippen LogP contribution in [-0.4, -0.2) is 36.3 Å². The minimum absolute atomic E-state index is 0.0110. The molecule has 10 nitrogen and oxygen atoms in total. The van der Waals surface area contributed by atoms with Gasteiger partial charge in [0.1, 0.15) is 12.1 Å². The first-order chi connectivity index (χ1) is 15.4. The summed E-state index contributed by atoms with van der Waals surface area (Å²) in [5, 5.41) is 31.5. The Bertz CT molecular complexity index is 1050. The van der Waals surface area contributed by atoms with Crippen LogP contribution >= 0.6 is 23.2 Å². The van der Waals surface area contributed by atoms with Crippen LogP contribution in [0.5, 0.6) is 0 Å². The van der Waals surface area contributed by atoms with Gasteiger partial charge in [-0.15, -0.1) is 0 Å². The number of rotatable bonds is 9.